The number of ether oxygens (including phenoxy) is 2. The summed E-state index contributed by atoms with van der Waals surface area (Å²) in [4.78, 5) is 49.8. The summed E-state index contributed by atoms with van der Waals surface area (Å²) in [5.41, 5.74) is -0.982. The van der Waals surface area contributed by atoms with E-state index in [1.807, 2.05) is 6.92 Å². The van der Waals surface area contributed by atoms with E-state index < -0.39 is 59.8 Å². The van der Waals surface area contributed by atoms with Gasteiger partial charge in [-0.25, -0.2) is 9.59 Å². The second-order valence-electron chi connectivity index (χ2n) is 10.1. The molecule has 3 amide bonds. The maximum absolute atomic E-state index is 12.7. The SMILES string of the molecule is CCCC(NC(=O)OC(C)(C)C)C(O)C(=O)NCC(=O)NC(C(=O)OC(C)(C)C)c1ccccc1. The standard InChI is InChI=1S/C25H39N3O7/c1-8-12-17(27-23(33)35-25(5,6)7)20(30)21(31)26-15-18(29)28-19(16-13-10-9-11-14-16)22(32)34-24(2,3)4/h9-11,13-14,17,19-20,30H,8,12,15H2,1-7H3,(H,26,31)(H,27,33)(H,28,29). The van der Waals surface area contributed by atoms with Crippen LogP contribution in [0.5, 0.6) is 0 Å². The first-order valence-corrected chi connectivity index (χ1v) is 11.7. The molecule has 0 saturated carbocycles. The lowest BCUT2D eigenvalue weighted by atomic mass is 10.1. The van der Waals surface area contributed by atoms with Crippen molar-refractivity contribution in [2.75, 3.05) is 6.54 Å². The highest BCUT2D eigenvalue weighted by molar-refractivity contribution is 5.90. The smallest absolute Gasteiger partial charge is 0.407 e. The number of nitrogens with one attached hydrogen (secondary N) is 3. The van der Waals surface area contributed by atoms with Crippen LogP contribution in [0.2, 0.25) is 0 Å². The average Bonchev–Trinajstić information content (AvgIpc) is 2.73. The third kappa shape index (κ3) is 11.7. The molecule has 0 aromatic heterocycles. The van der Waals surface area contributed by atoms with Crippen LogP contribution in [0.1, 0.15) is 72.9 Å². The topological polar surface area (TPSA) is 143 Å². The summed E-state index contributed by atoms with van der Waals surface area (Å²) in [5, 5.41) is 17.9. The Morgan fingerprint density at radius 2 is 1.49 bits per heavy atom. The highest BCUT2D eigenvalue weighted by atomic mass is 16.6. The molecule has 0 bridgehead atoms. The van der Waals surface area contributed by atoms with Crippen LogP contribution in [-0.4, -0.2) is 58.9 Å². The molecule has 0 spiro atoms. The van der Waals surface area contributed by atoms with Gasteiger partial charge in [-0.3, -0.25) is 9.59 Å². The van der Waals surface area contributed by atoms with Gasteiger partial charge in [0, 0.05) is 0 Å². The zero-order valence-corrected chi connectivity index (χ0v) is 21.6. The predicted molar refractivity (Wildman–Crippen MR) is 130 cm³/mol. The molecule has 3 atom stereocenters. The monoisotopic (exact) mass is 493 g/mol. The van der Waals surface area contributed by atoms with Crippen LogP contribution in [0.15, 0.2) is 30.3 Å². The van der Waals surface area contributed by atoms with Crippen LogP contribution >= 0.6 is 0 Å². The number of alkyl carbamates (subject to hydrolysis) is 1. The molecule has 10 nitrogen and oxygen atoms in total. The number of hydrogen-bond acceptors (Lipinski definition) is 7. The fourth-order valence-corrected chi connectivity index (χ4v) is 3.03. The molecule has 4 N–H and O–H groups in total. The van der Waals surface area contributed by atoms with Crippen molar-refractivity contribution in [2.45, 2.75) is 90.7 Å². The summed E-state index contributed by atoms with van der Waals surface area (Å²) in [6.07, 6.45) is -1.47. The molecule has 0 fully saturated rings. The molecule has 0 heterocycles. The van der Waals surface area contributed by atoms with Gasteiger partial charge in [0.05, 0.1) is 12.6 Å². The summed E-state index contributed by atoms with van der Waals surface area (Å²) in [6, 6.07) is 6.59. The molecule has 10 heteroatoms. The highest BCUT2D eigenvalue weighted by Crippen LogP contribution is 2.18. The molecule has 1 aromatic rings. The molecule has 0 saturated heterocycles. The second kappa shape index (κ2) is 13.1. The van der Waals surface area contributed by atoms with E-state index in [1.165, 1.54) is 0 Å². The lowest BCUT2D eigenvalue weighted by molar-refractivity contribution is -0.158. The number of carbonyl (C=O) groups excluding carboxylic acids is 4. The molecular formula is C25H39N3O7. The summed E-state index contributed by atoms with van der Waals surface area (Å²) >= 11 is 0. The van der Waals surface area contributed by atoms with Gasteiger partial charge < -0.3 is 30.5 Å². The van der Waals surface area contributed by atoms with Crippen molar-refractivity contribution in [1.82, 2.24) is 16.0 Å². The summed E-state index contributed by atoms with van der Waals surface area (Å²) in [6.45, 7) is 11.6. The lowest BCUT2D eigenvalue weighted by Gasteiger charge is -2.26. The maximum atomic E-state index is 12.7. The van der Waals surface area contributed by atoms with E-state index in [0.29, 0.717) is 18.4 Å². The van der Waals surface area contributed by atoms with Gasteiger partial charge in [0.15, 0.2) is 12.1 Å². The fourth-order valence-electron chi connectivity index (χ4n) is 3.03. The van der Waals surface area contributed by atoms with Gasteiger partial charge in [0.25, 0.3) is 5.91 Å². The van der Waals surface area contributed by atoms with Crippen molar-refractivity contribution >= 4 is 23.9 Å². The normalized spacial score (nSPS) is 14.2. The van der Waals surface area contributed by atoms with Crippen molar-refractivity contribution in [3.05, 3.63) is 35.9 Å². The first kappa shape index (κ1) is 29.9. The Morgan fingerprint density at radius 1 is 0.914 bits per heavy atom. The lowest BCUT2D eigenvalue weighted by Crippen LogP contribution is -2.53. The number of aliphatic hydroxyl groups is 1. The number of rotatable bonds is 10. The Hall–Kier alpha value is -3.14. The van der Waals surface area contributed by atoms with Crippen molar-refractivity contribution in [1.29, 1.82) is 0 Å². The number of amides is 3. The third-order valence-electron chi connectivity index (χ3n) is 4.46. The first-order valence-electron chi connectivity index (χ1n) is 11.7. The van der Waals surface area contributed by atoms with Crippen molar-refractivity contribution < 1.29 is 33.8 Å². The predicted octanol–water partition coefficient (Wildman–Crippen LogP) is 2.36. The van der Waals surface area contributed by atoms with Gasteiger partial charge in [-0.05, 0) is 53.5 Å². The number of carbonyl (C=O) groups is 4. The molecule has 1 aromatic carbocycles. The van der Waals surface area contributed by atoms with E-state index in [9.17, 15) is 24.3 Å². The Labute approximate surface area is 207 Å². The van der Waals surface area contributed by atoms with E-state index in [-0.39, 0.29) is 0 Å². The first-order chi connectivity index (χ1) is 16.1. The van der Waals surface area contributed by atoms with Gasteiger partial charge in [0.2, 0.25) is 5.91 Å². The van der Waals surface area contributed by atoms with Gasteiger partial charge in [-0.1, -0.05) is 43.7 Å². The van der Waals surface area contributed by atoms with Gasteiger partial charge in [0.1, 0.15) is 11.2 Å². The summed E-state index contributed by atoms with van der Waals surface area (Å²) in [7, 11) is 0. The Bertz CT molecular complexity index is 860. The molecule has 196 valence electrons. The minimum absolute atomic E-state index is 0.314. The van der Waals surface area contributed by atoms with Crippen molar-refractivity contribution in [2.24, 2.45) is 0 Å². The number of aliphatic hydroxyl groups excluding tert-OH is 1. The van der Waals surface area contributed by atoms with Crippen molar-refractivity contribution in [3.63, 3.8) is 0 Å². The third-order valence-corrected chi connectivity index (χ3v) is 4.46. The Balaban J connectivity index is 2.79. The quantitative estimate of drug-likeness (QED) is 0.366. The minimum atomic E-state index is -1.61. The summed E-state index contributed by atoms with van der Waals surface area (Å²) < 4.78 is 10.6. The molecule has 0 aliphatic rings. The van der Waals surface area contributed by atoms with Crippen LogP contribution in [-0.2, 0) is 23.9 Å². The Morgan fingerprint density at radius 3 is 2.00 bits per heavy atom. The Kier molecular flexibility index (Phi) is 11.2. The minimum Gasteiger partial charge on any atom is -0.458 e. The van der Waals surface area contributed by atoms with Crippen LogP contribution < -0.4 is 16.0 Å². The zero-order valence-electron chi connectivity index (χ0n) is 21.6. The van der Waals surface area contributed by atoms with E-state index in [1.54, 1.807) is 71.9 Å². The molecule has 0 aliphatic heterocycles. The van der Waals surface area contributed by atoms with Crippen molar-refractivity contribution in [3.8, 4) is 0 Å². The summed E-state index contributed by atoms with van der Waals surface area (Å²) in [5.74, 6) is -2.14. The van der Waals surface area contributed by atoms with Crippen LogP contribution in [0, 0.1) is 0 Å². The molecular weight excluding hydrogens is 454 g/mol. The van der Waals surface area contributed by atoms with Crippen LogP contribution in [0.4, 0.5) is 4.79 Å². The fraction of sp³-hybridized carbons (Fsp3) is 0.600. The van der Waals surface area contributed by atoms with Gasteiger partial charge >= 0.3 is 12.1 Å². The number of benzene rings is 1. The van der Waals surface area contributed by atoms with E-state index in [0.717, 1.165) is 0 Å². The molecule has 3 unspecified atom stereocenters. The maximum Gasteiger partial charge on any atom is 0.407 e. The molecule has 1 rings (SSSR count). The van der Waals surface area contributed by atoms with Crippen LogP contribution in [0.3, 0.4) is 0 Å². The van der Waals surface area contributed by atoms with E-state index >= 15 is 0 Å². The largest absolute Gasteiger partial charge is 0.458 e. The molecule has 0 aliphatic carbocycles. The zero-order chi connectivity index (χ0) is 26.8. The second-order valence-corrected chi connectivity index (χ2v) is 10.1. The average molecular weight is 494 g/mol. The number of hydrogen-bond donors (Lipinski definition) is 4. The van der Waals surface area contributed by atoms with E-state index in [4.69, 9.17) is 9.47 Å². The molecule has 35 heavy (non-hydrogen) atoms. The highest BCUT2D eigenvalue weighted by Gasteiger charge is 2.31. The van der Waals surface area contributed by atoms with E-state index in [2.05, 4.69) is 16.0 Å². The molecule has 0 radical (unpaired) electrons. The van der Waals surface area contributed by atoms with Gasteiger partial charge in [-0.2, -0.15) is 0 Å². The van der Waals surface area contributed by atoms with Gasteiger partial charge in [-0.15, -0.1) is 0 Å². The number of esters is 1. The van der Waals surface area contributed by atoms with Crippen LogP contribution in [0.25, 0.3) is 0 Å².